The van der Waals surface area contributed by atoms with Crippen LogP contribution in [0.4, 0.5) is 0 Å². The topological polar surface area (TPSA) is 95.8 Å². The third kappa shape index (κ3) is 6.33. The summed E-state index contributed by atoms with van der Waals surface area (Å²) in [7, 11) is 0. The Morgan fingerprint density at radius 3 is 2.59 bits per heavy atom. The number of furan rings is 1. The lowest BCUT2D eigenvalue weighted by Gasteiger charge is -2.22. The summed E-state index contributed by atoms with van der Waals surface area (Å²) < 4.78 is 11.1. The number of aryl methyl sites for hydroxylation is 1. The first-order chi connectivity index (χ1) is 13.5. The zero-order valence-corrected chi connectivity index (χ0v) is 19.1. The molecule has 0 amide bonds. The molecule has 0 bridgehead atoms. The Hall–Kier alpha value is -2.33. The first kappa shape index (κ1) is 23.0. The summed E-state index contributed by atoms with van der Waals surface area (Å²) in [6, 6.07) is 13.3. The van der Waals surface area contributed by atoms with Crippen LogP contribution in [0, 0.1) is 6.92 Å². The van der Waals surface area contributed by atoms with Gasteiger partial charge in [-0.3, -0.25) is 0 Å². The van der Waals surface area contributed by atoms with Crippen molar-refractivity contribution in [2.75, 3.05) is 13.1 Å². The monoisotopic (exact) mass is 510 g/mol. The summed E-state index contributed by atoms with van der Waals surface area (Å²) in [6.45, 7) is 6.83. The number of guanidine groups is 1. The van der Waals surface area contributed by atoms with Crippen LogP contribution in [-0.2, 0) is 12.1 Å². The fourth-order valence-electron chi connectivity index (χ4n) is 2.66. The average Bonchev–Trinajstić information content (AvgIpc) is 3.34. The van der Waals surface area contributed by atoms with Gasteiger partial charge in [-0.2, -0.15) is 0 Å². The molecule has 1 unspecified atom stereocenters. The Morgan fingerprint density at radius 1 is 1.17 bits per heavy atom. The van der Waals surface area contributed by atoms with Crippen LogP contribution in [0.3, 0.4) is 0 Å². The van der Waals surface area contributed by atoms with E-state index in [-0.39, 0.29) is 30.5 Å². The van der Waals surface area contributed by atoms with E-state index >= 15 is 0 Å². The van der Waals surface area contributed by atoms with E-state index in [0.717, 1.165) is 17.0 Å². The number of hydrogen-bond acceptors (Lipinski definition) is 5. The molecule has 1 aromatic carbocycles. The van der Waals surface area contributed by atoms with Gasteiger partial charge in [-0.25, -0.2) is 9.98 Å². The van der Waals surface area contributed by atoms with Gasteiger partial charge < -0.3 is 24.6 Å². The van der Waals surface area contributed by atoms with Crippen molar-refractivity contribution >= 4 is 29.9 Å². The Morgan fingerprint density at radius 2 is 1.93 bits per heavy atom. The molecule has 8 heteroatoms. The first-order valence-corrected chi connectivity index (χ1v) is 9.29. The van der Waals surface area contributed by atoms with Gasteiger partial charge in [-0.05, 0) is 45.0 Å². The molecule has 2 aromatic heterocycles. The van der Waals surface area contributed by atoms with Crippen LogP contribution in [0.15, 0.2) is 62.6 Å². The Bertz CT molecular complexity index is 919. The highest BCUT2D eigenvalue weighted by Crippen LogP contribution is 2.22. The van der Waals surface area contributed by atoms with Crippen LogP contribution in [-0.4, -0.2) is 29.1 Å². The second kappa shape index (κ2) is 10.4. The zero-order chi connectivity index (χ0) is 20.0. The summed E-state index contributed by atoms with van der Waals surface area (Å²) in [5.41, 5.74) is 0.496. The molecule has 2 heterocycles. The van der Waals surface area contributed by atoms with Gasteiger partial charge in [-0.1, -0.05) is 18.2 Å². The van der Waals surface area contributed by atoms with Gasteiger partial charge in [0.05, 0.1) is 13.1 Å². The maximum atomic E-state index is 10.7. The van der Waals surface area contributed by atoms with Crippen molar-refractivity contribution in [3.05, 3.63) is 65.9 Å². The number of nitrogens with one attached hydrogen (secondary N) is 2. The fraction of sp³-hybridized carbons (Fsp3) is 0.333. The predicted octanol–water partition coefficient (Wildman–Crippen LogP) is 3.82. The van der Waals surface area contributed by atoms with Crippen molar-refractivity contribution in [2.24, 2.45) is 4.99 Å². The quantitative estimate of drug-likeness (QED) is 0.254. The van der Waals surface area contributed by atoms with Gasteiger partial charge in [0.2, 0.25) is 5.89 Å². The number of aromatic nitrogens is 1. The Kier molecular flexibility index (Phi) is 8.27. The Balaban J connectivity index is 0.00000300. The van der Waals surface area contributed by atoms with Gasteiger partial charge in [0, 0.05) is 12.1 Å². The summed E-state index contributed by atoms with van der Waals surface area (Å²) in [6.07, 6.45) is 1.61. The van der Waals surface area contributed by atoms with Crippen molar-refractivity contribution in [1.82, 2.24) is 15.6 Å². The predicted molar refractivity (Wildman–Crippen MR) is 123 cm³/mol. The van der Waals surface area contributed by atoms with Crippen LogP contribution in [0.1, 0.15) is 31.1 Å². The molecule has 7 nitrogen and oxygen atoms in total. The van der Waals surface area contributed by atoms with E-state index in [2.05, 4.69) is 20.6 Å². The SMILES string of the molecule is CCNC(=NCc1coc(-c2ccccc2)n1)NCC(C)(O)c1ccc(C)o1.I. The third-order valence-electron chi connectivity index (χ3n) is 4.19. The maximum Gasteiger partial charge on any atom is 0.226 e. The maximum absolute atomic E-state index is 10.7. The molecule has 156 valence electrons. The first-order valence-electron chi connectivity index (χ1n) is 9.29. The average molecular weight is 510 g/mol. The molecule has 29 heavy (non-hydrogen) atoms. The minimum atomic E-state index is -1.15. The molecule has 1 atom stereocenters. The molecule has 3 aromatic rings. The minimum absolute atomic E-state index is 0. The molecule has 0 saturated heterocycles. The number of nitrogens with zero attached hydrogens (tertiary/aromatic N) is 2. The van der Waals surface area contributed by atoms with Gasteiger partial charge in [0.15, 0.2) is 5.96 Å². The lowest BCUT2D eigenvalue weighted by molar-refractivity contribution is 0.0378. The van der Waals surface area contributed by atoms with Crippen molar-refractivity contribution in [1.29, 1.82) is 0 Å². The molecule has 0 radical (unpaired) electrons. The van der Waals surface area contributed by atoms with E-state index in [1.807, 2.05) is 50.2 Å². The fourth-order valence-corrected chi connectivity index (χ4v) is 2.66. The van der Waals surface area contributed by atoms with Crippen molar-refractivity contribution < 1.29 is 13.9 Å². The molecule has 0 saturated carbocycles. The number of halogens is 1. The number of aliphatic hydroxyl groups is 1. The zero-order valence-electron chi connectivity index (χ0n) is 16.8. The number of aliphatic imine (C=N–C) groups is 1. The van der Waals surface area contributed by atoms with E-state index < -0.39 is 5.60 Å². The highest BCUT2D eigenvalue weighted by molar-refractivity contribution is 14.0. The van der Waals surface area contributed by atoms with Crippen molar-refractivity contribution in [2.45, 2.75) is 32.9 Å². The van der Waals surface area contributed by atoms with Crippen LogP contribution >= 0.6 is 24.0 Å². The van der Waals surface area contributed by atoms with Crippen LogP contribution in [0.2, 0.25) is 0 Å². The van der Waals surface area contributed by atoms with Crippen LogP contribution in [0.5, 0.6) is 0 Å². The minimum Gasteiger partial charge on any atom is -0.463 e. The van der Waals surface area contributed by atoms with E-state index in [1.54, 1.807) is 19.3 Å². The largest absolute Gasteiger partial charge is 0.463 e. The number of benzene rings is 1. The lowest BCUT2D eigenvalue weighted by Crippen LogP contribution is -2.44. The van der Waals surface area contributed by atoms with E-state index in [0.29, 0.717) is 30.7 Å². The molecule has 0 aliphatic rings. The van der Waals surface area contributed by atoms with Gasteiger partial charge >= 0.3 is 0 Å². The summed E-state index contributed by atoms with van der Waals surface area (Å²) in [4.78, 5) is 9.00. The standard InChI is InChI=1S/C21H26N4O3.HI/c1-4-22-20(24-14-21(3,26)18-11-10-15(2)28-18)23-12-17-13-27-19(25-17)16-8-6-5-7-9-16;/h5-11,13,26H,4,12,14H2,1-3H3,(H2,22,23,24);1H. The number of hydrogen-bond donors (Lipinski definition) is 3. The molecular weight excluding hydrogens is 483 g/mol. The summed E-state index contributed by atoms with van der Waals surface area (Å²) in [5, 5.41) is 17.0. The van der Waals surface area contributed by atoms with Gasteiger partial charge in [-0.15, -0.1) is 24.0 Å². The van der Waals surface area contributed by atoms with E-state index in [9.17, 15) is 5.11 Å². The lowest BCUT2D eigenvalue weighted by atomic mass is 10.0. The molecular formula is C21H27IN4O3. The van der Waals surface area contributed by atoms with Gasteiger partial charge in [0.1, 0.15) is 29.1 Å². The summed E-state index contributed by atoms with van der Waals surface area (Å²) >= 11 is 0. The molecule has 0 spiro atoms. The molecule has 0 fully saturated rings. The van der Waals surface area contributed by atoms with E-state index in [1.165, 1.54) is 0 Å². The van der Waals surface area contributed by atoms with Gasteiger partial charge in [0.25, 0.3) is 0 Å². The van der Waals surface area contributed by atoms with Crippen LogP contribution in [0.25, 0.3) is 11.5 Å². The smallest absolute Gasteiger partial charge is 0.226 e. The molecule has 0 aliphatic carbocycles. The Labute approximate surface area is 187 Å². The van der Waals surface area contributed by atoms with Crippen LogP contribution < -0.4 is 10.6 Å². The number of oxazole rings is 1. The van der Waals surface area contributed by atoms with E-state index in [4.69, 9.17) is 8.83 Å². The molecule has 3 N–H and O–H groups in total. The normalized spacial score (nSPS) is 13.4. The molecule has 0 aliphatic heterocycles. The van der Waals surface area contributed by atoms with Crippen molar-refractivity contribution in [3.63, 3.8) is 0 Å². The second-order valence-electron chi connectivity index (χ2n) is 6.74. The number of rotatable bonds is 7. The summed E-state index contributed by atoms with van der Waals surface area (Å²) in [5.74, 6) is 2.42. The van der Waals surface area contributed by atoms with Crippen molar-refractivity contribution in [3.8, 4) is 11.5 Å². The highest BCUT2D eigenvalue weighted by atomic mass is 127. The third-order valence-corrected chi connectivity index (χ3v) is 4.19. The molecule has 3 rings (SSSR count). The highest BCUT2D eigenvalue weighted by Gasteiger charge is 2.27. The second-order valence-corrected chi connectivity index (χ2v) is 6.74.